The van der Waals surface area contributed by atoms with Crippen LogP contribution < -0.4 is 5.32 Å². The number of hydrogen-bond donors (Lipinski definition) is 2. The van der Waals surface area contributed by atoms with Crippen molar-refractivity contribution in [3.8, 4) is 0 Å². The highest BCUT2D eigenvalue weighted by Crippen LogP contribution is 2.33. The summed E-state index contributed by atoms with van der Waals surface area (Å²) in [6, 6.07) is 4.11. The molecule has 0 saturated heterocycles. The summed E-state index contributed by atoms with van der Waals surface area (Å²) >= 11 is 1.82. The Morgan fingerprint density at radius 3 is 3.26 bits per heavy atom. The summed E-state index contributed by atoms with van der Waals surface area (Å²) in [6.45, 7) is 0.563. The Hall–Kier alpha value is -1.59. The molecule has 100 valence electrons. The highest BCUT2D eigenvalue weighted by molar-refractivity contribution is 7.10. The van der Waals surface area contributed by atoms with Gasteiger partial charge in [-0.2, -0.15) is 0 Å². The molecule has 1 unspecified atom stereocenters. The zero-order valence-corrected chi connectivity index (χ0v) is 11.2. The predicted molar refractivity (Wildman–Crippen MR) is 72.5 cm³/mol. The van der Waals surface area contributed by atoms with Crippen molar-refractivity contribution in [3.05, 3.63) is 45.5 Å². The number of aryl methyl sites for hydroxylation is 1. The van der Waals surface area contributed by atoms with Gasteiger partial charge in [0.1, 0.15) is 12.0 Å². The first-order valence-corrected chi connectivity index (χ1v) is 7.22. The Labute approximate surface area is 115 Å². The fourth-order valence-corrected chi connectivity index (χ4v) is 3.50. The van der Waals surface area contributed by atoms with Crippen molar-refractivity contribution in [2.75, 3.05) is 0 Å². The summed E-state index contributed by atoms with van der Waals surface area (Å²) in [6.07, 6.45) is 4.78. The van der Waals surface area contributed by atoms with Gasteiger partial charge in [0, 0.05) is 10.9 Å². The van der Waals surface area contributed by atoms with E-state index in [2.05, 4.69) is 16.8 Å². The first-order chi connectivity index (χ1) is 9.24. The van der Waals surface area contributed by atoms with Gasteiger partial charge in [-0.1, -0.05) is 0 Å². The number of fused-ring (bicyclic) bond motifs is 1. The van der Waals surface area contributed by atoms with Crippen LogP contribution in [-0.4, -0.2) is 11.1 Å². The van der Waals surface area contributed by atoms with E-state index in [9.17, 15) is 4.79 Å². The molecule has 1 aliphatic rings. The minimum atomic E-state index is -0.951. The lowest BCUT2D eigenvalue weighted by Crippen LogP contribution is -2.23. The Morgan fingerprint density at radius 2 is 2.47 bits per heavy atom. The van der Waals surface area contributed by atoms with Crippen LogP contribution in [0.3, 0.4) is 0 Å². The normalized spacial score (nSPS) is 18.2. The number of hydrogen-bond acceptors (Lipinski definition) is 4. The summed E-state index contributed by atoms with van der Waals surface area (Å²) in [7, 11) is 0. The number of carboxylic acid groups (broad SMARTS) is 1. The van der Waals surface area contributed by atoms with E-state index < -0.39 is 5.97 Å². The van der Waals surface area contributed by atoms with E-state index in [1.165, 1.54) is 29.5 Å². The van der Waals surface area contributed by atoms with Crippen LogP contribution in [0.4, 0.5) is 0 Å². The van der Waals surface area contributed by atoms with Gasteiger partial charge >= 0.3 is 5.97 Å². The molecular weight excluding hydrogens is 262 g/mol. The van der Waals surface area contributed by atoms with Gasteiger partial charge in [0.25, 0.3) is 0 Å². The number of thiophene rings is 1. The monoisotopic (exact) mass is 277 g/mol. The van der Waals surface area contributed by atoms with E-state index in [4.69, 9.17) is 9.52 Å². The Kier molecular flexibility index (Phi) is 3.40. The topological polar surface area (TPSA) is 62.5 Å². The third-order valence-corrected chi connectivity index (χ3v) is 4.47. The molecule has 0 amide bonds. The summed E-state index contributed by atoms with van der Waals surface area (Å²) in [4.78, 5) is 12.2. The van der Waals surface area contributed by atoms with E-state index in [0.29, 0.717) is 18.3 Å². The molecule has 1 aliphatic carbocycles. The first-order valence-electron chi connectivity index (χ1n) is 6.34. The molecule has 4 nitrogen and oxygen atoms in total. The Balaban J connectivity index is 1.65. The Bertz CT molecular complexity index is 587. The smallest absolute Gasteiger partial charge is 0.338 e. The van der Waals surface area contributed by atoms with Crippen LogP contribution in [0.25, 0.3) is 0 Å². The zero-order chi connectivity index (χ0) is 13.2. The van der Waals surface area contributed by atoms with E-state index in [1.807, 2.05) is 11.3 Å². The van der Waals surface area contributed by atoms with Gasteiger partial charge in [-0.15, -0.1) is 11.3 Å². The van der Waals surface area contributed by atoms with Crippen LogP contribution in [0.1, 0.15) is 45.4 Å². The molecule has 19 heavy (non-hydrogen) atoms. The van der Waals surface area contributed by atoms with Crippen molar-refractivity contribution >= 4 is 17.3 Å². The van der Waals surface area contributed by atoms with Gasteiger partial charge in [0.15, 0.2) is 0 Å². The van der Waals surface area contributed by atoms with Crippen molar-refractivity contribution in [1.82, 2.24) is 5.32 Å². The van der Waals surface area contributed by atoms with Crippen molar-refractivity contribution in [2.24, 2.45) is 0 Å². The van der Waals surface area contributed by atoms with E-state index in [0.717, 1.165) is 6.42 Å². The van der Waals surface area contributed by atoms with Crippen LogP contribution in [0, 0.1) is 0 Å². The van der Waals surface area contributed by atoms with Crippen LogP contribution in [0.15, 0.2) is 28.2 Å². The largest absolute Gasteiger partial charge is 0.478 e. The van der Waals surface area contributed by atoms with Gasteiger partial charge in [0.05, 0.1) is 12.1 Å². The van der Waals surface area contributed by atoms with Crippen molar-refractivity contribution in [2.45, 2.75) is 31.8 Å². The Morgan fingerprint density at radius 1 is 1.58 bits per heavy atom. The van der Waals surface area contributed by atoms with Crippen molar-refractivity contribution < 1.29 is 14.3 Å². The molecular formula is C14H15NO3S. The molecule has 0 spiro atoms. The van der Waals surface area contributed by atoms with Crippen molar-refractivity contribution in [1.29, 1.82) is 0 Å². The number of carbonyl (C=O) groups is 1. The highest BCUT2D eigenvalue weighted by atomic mass is 32.1. The van der Waals surface area contributed by atoms with Crippen molar-refractivity contribution in [3.63, 3.8) is 0 Å². The fourth-order valence-electron chi connectivity index (χ4n) is 2.51. The average Bonchev–Trinajstić information content (AvgIpc) is 3.05. The lowest BCUT2D eigenvalue weighted by molar-refractivity contribution is 0.0696. The number of aromatic carboxylic acids is 1. The maximum Gasteiger partial charge on any atom is 0.338 e. The van der Waals surface area contributed by atoms with Gasteiger partial charge in [-0.05, 0) is 42.3 Å². The lowest BCUT2D eigenvalue weighted by Gasteiger charge is -2.23. The second kappa shape index (κ2) is 5.19. The molecule has 0 fully saturated rings. The van der Waals surface area contributed by atoms with Crippen LogP contribution in [0.5, 0.6) is 0 Å². The van der Waals surface area contributed by atoms with Gasteiger partial charge in [0.2, 0.25) is 0 Å². The van der Waals surface area contributed by atoms with E-state index in [1.54, 1.807) is 6.07 Å². The van der Waals surface area contributed by atoms with E-state index in [-0.39, 0.29) is 5.56 Å². The number of carboxylic acids is 1. The highest BCUT2D eigenvalue weighted by Gasteiger charge is 2.21. The molecule has 3 rings (SSSR count). The minimum Gasteiger partial charge on any atom is -0.478 e. The summed E-state index contributed by atoms with van der Waals surface area (Å²) in [5.74, 6) is -0.285. The molecule has 0 aliphatic heterocycles. The third kappa shape index (κ3) is 2.57. The molecule has 2 N–H and O–H groups in total. The lowest BCUT2D eigenvalue weighted by atomic mass is 9.94. The number of rotatable bonds is 4. The van der Waals surface area contributed by atoms with Crippen LogP contribution in [-0.2, 0) is 13.0 Å². The maximum absolute atomic E-state index is 10.8. The quantitative estimate of drug-likeness (QED) is 0.900. The molecule has 1 atom stereocenters. The summed E-state index contributed by atoms with van der Waals surface area (Å²) in [5.41, 5.74) is 1.60. The van der Waals surface area contributed by atoms with Crippen LogP contribution >= 0.6 is 11.3 Å². The average molecular weight is 277 g/mol. The SMILES string of the molecule is O=C(O)c1coc(CNC2CCCc3sccc32)c1. The van der Waals surface area contributed by atoms with Crippen LogP contribution in [0.2, 0.25) is 0 Å². The van der Waals surface area contributed by atoms with Gasteiger partial charge in [-0.25, -0.2) is 4.79 Å². The fraction of sp³-hybridized carbons (Fsp3) is 0.357. The standard InChI is InChI=1S/C14H15NO3S/c16-14(17)9-6-10(18-8-9)7-15-12-2-1-3-13-11(12)4-5-19-13/h4-6,8,12,15H,1-3,7H2,(H,16,17). The second-order valence-corrected chi connectivity index (χ2v) is 5.73. The number of furan rings is 1. The zero-order valence-electron chi connectivity index (χ0n) is 10.4. The molecule has 5 heteroatoms. The van der Waals surface area contributed by atoms with Gasteiger partial charge in [-0.3, -0.25) is 0 Å². The molecule has 0 bridgehead atoms. The summed E-state index contributed by atoms with van der Waals surface area (Å²) in [5, 5.41) is 14.4. The molecule has 2 heterocycles. The maximum atomic E-state index is 10.8. The third-order valence-electron chi connectivity index (χ3n) is 3.48. The molecule has 0 radical (unpaired) electrons. The first kappa shape index (κ1) is 12.4. The minimum absolute atomic E-state index is 0.205. The van der Waals surface area contributed by atoms with E-state index >= 15 is 0 Å². The summed E-state index contributed by atoms with van der Waals surface area (Å²) < 4.78 is 5.25. The molecule has 2 aromatic heterocycles. The molecule has 0 saturated carbocycles. The predicted octanol–water partition coefficient (Wildman–Crippen LogP) is 3.21. The molecule has 2 aromatic rings. The second-order valence-electron chi connectivity index (χ2n) is 4.73. The van der Waals surface area contributed by atoms with Gasteiger partial charge < -0.3 is 14.8 Å². The molecule has 0 aromatic carbocycles. The number of nitrogens with one attached hydrogen (secondary N) is 1.